The Morgan fingerprint density at radius 2 is 1.62 bits per heavy atom. The molecule has 2 aromatic rings. The molecular weight excluding hydrogens is 434 g/mol. The monoisotopic (exact) mass is 465 g/mol. The van der Waals surface area contributed by atoms with Gasteiger partial charge >= 0.3 is 6.09 Å². The molecule has 2 fully saturated rings. The van der Waals surface area contributed by atoms with Crippen molar-refractivity contribution in [3.05, 3.63) is 65.7 Å². The molecule has 8 nitrogen and oxygen atoms in total. The van der Waals surface area contributed by atoms with Crippen molar-refractivity contribution in [2.45, 2.75) is 50.9 Å². The highest BCUT2D eigenvalue weighted by atomic mass is 16.6. The van der Waals surface area contributed by atoms with E-state index in [0.717, 1.165) is 29.7 Å². The molecule has 0 unspecified atom stereocenters. The first-order valence-corrected chi connectivity index (χ1v) is 11.8. The van der Waals surface area contributed by atoms with E-state index in [-0.39, 0.29) is 18.4 Å². The number of rotatable bonds is 7. The number of carbonyl (C=O) groups excluding carboxylic acids is 3. The van der Waals surface area contributed by atoms with E-state index in [4.69, 9.17) is 9.47 Å². The van der Waals surface area contributed by atoms with Crippen molar-refractivity contribution in [1.82, 2.24) is 15.1 Å². The topological polar surface area (TPSA) is 88.2 Å². The first-order valence-electron chi connectivity index (χ1n) is 11.8. The van der Waals surface area contributed by atoms with E-state index in [1.165, 1.54) is 4.90 Å². The van der Waals surface area contributed by atoms with Crippen LogP contribution in [0.25, 0.3) is 0 Å². The van der Waals surface area contributed by atoms with Crippen molar-refractivity contribution < 1.29 is 23.9 Å². The standard InChI is InChI=1S/C26H31N3O5/c1-33-21-11-5-10-20(16-21)17-27-24(30)22-12-6-14-28(22)25(31)23-13-7-15-29(23)26(32)34-18-19-8-3-2-4-9-19/h2-5,8-11,16,22-23H,6-7,12-15,17-18H2,1H3,(H,27,30)/t22-,23-/m0/s1. The van der Waals surface area contributed by atoms with Crippen LogP contribution in [0.5, 0.6) is 5.75 Å². The number of hydrogen-bond acceptors (Lipinski definition) is 5. The van der Waals surface area contributed by atoms with Crippen molar-refractivity contribution in [3.8, 4) is 5.75 Å². The van der Waals surface area contributed by atoms with Crippen molar-refractivity contribution in [2.24, 2.45) is 0 Å². The first-order chi connectivity index (χ1) is 16.6. The molecule has 4 rings (SSSR count). The Kier molecular flexibility index (Phi) is 7.67. The molecule has 2 saturated heterocycles. The average Bonchev–Trinajstić information content (AvgIpc) is 3.56. The lowest BCUT2D eigenvalue weighted by Crippen LogP contribution is -2.52. The summed E-state index contributed by atoms with van der Waals surface area (Å²) < 4.78 is 10.7. The lowest BCUT2D eigenvalue weighted by Gasteiger charge is -2.30. The van der Waals surface area contributed by atoms with Gasteiger partial charge in [-0.15, -0.1) is 0 Å². The molecule has 0 bridgehead atoms. The minimum Gasteiger partial charge on any atom is -0.497 e. The number of nitrogens with one attached hydrogen (secondary N) is 1. The van der Waals surface area contributed by atoms with Gasteiger partial charge in [0.1, 0.15) is 24.4 Å². The third-order valence-electron chi connectivity index (χ3n) is 6.42. The molecule has 0 radical (unpaired) electrons. The molecular formula is C26H31N3O5. The van der Waals surface area contributed by atoms with Gasteiger partial charge in [0.25, 0.3) is 0 Å². The zero-order chi connectivity index (χ0) is 23.9. The summed E-state index contributed by atoms with van der Waals surface area (Å²) in [7, 11) is 1.60. The Morgan fingerprint density at radius 3 is 2.38 bits per heavy atom. The second kappa shape index (κ2) is 11.0. The fourth-order valence-electron chi connectivity index (χ4n) is 4.63. The van der Waals surface area contributed by atoms with Crippen LogP contribution in [-0.4, -0.2) is 60.0 Å². The summed E-state index contributed by atoms with van der Waals surface area (Å²) in [5, 5.41) is 2.95. The van der Waals surface area contributed by atoms with Gasteiger partial charge in [0.05, 0.1) is 7.11 Å². The zero-order valence-electron chi connectivity index (χ0n) is 19.4. The van der Waals surface area contributed by atoms with Gasteiger partial charge in [-0.2, -0.15) is 0 Å². The summed E-state index contributed by atoms with van der Waals surface area (Å²) in [5.41, 5.74) is 1.82. The van der Waals surface area contributed by atoms with E-state index in [1.54, 1.807) is 12.0 Å². The van der Waals surface area contributed by atoms with Crippen LogP contribution in [0, 0.1) is 0 Å². The molecule has 8 heteroatoms. The Morgan fingerprint density at radius 1 is 0.912 bits per heavy atom. The molecule has 0 saturated carbocycles. The molecule has 180 valence electrons. The third kappa shape index (κ3) is 5.50. The number of ether oxygens (including phenoxy) is 2. The Balaban J connectivity index is 1.34. The smallest absolute Gasteiger partial charge is 0.410 e. The zero-order valence-corrected chi connectivity index (χ0v) is 19.4. The van der Waals surface area contributed by atoms with Crippen molar-refractivity contribution >= 4 is 17.9 Å². The molecule has 2 aliphatic heterocycles. The molecule has 34 heavy (non-hydrogen) atoms. The van der Waals surface area contributed by atoms with Gasteiger partial charge in [-0.3, -0.25) is 14.5 Å². The molecule has 0 aliphatic carbocycles. The van der Waals surface area contributed by atoms with Crippen LogP contribution in [0.3, 0.4) is 0 Å². The molecule has 1 N–H and O–H groups in total. The Labute approximate surface area is 199 Å². The van der Waals surface area contributed by atoms with Gasteiger partial charge in [0.15, 0.2) is 0 Å². The predicted molar refractivity (Wildman–Crippen MR) is 126 cm³/mol. The van der Waals surface area contributed by atoms with Crippen LogP contribution in [-0.2, 0) is 27.5 Å². The van der Waals surface area contributed by atoms with Crippen LogP contribution in [0.4, 0.5) is 4.79 Å². The van der Waals surface area contributed by atoms with Gasteiger partial charge in [0, 0.05) is 19.6 Å². The maximum atomic E-state index is 13.4. The molecule has 0 spiro atoms. The molecule has 2 aliphatic rings. The van der Waals surface area contributed by atoms with Gasteiger partial charge < -0.3 is 19.7 Å². The lowest BCUT2D eigenvalue weighted by atomic mass is 10.1. The fraction of sp³-hybridized carbons (Fsp3) is 0.423. The van der Waals surface area contributed by atoms with Gasteiger partial charge in [0.2, 0.25) is 11.8 Å². The molecule has 2 heterocycles. The third-order valence-corrected chi connectivity index (χ3v) is 6.42. The first kappa shape index (κ1) is 23.6. The SMILES string of the molecule is COc1cccc(CNC(=O)[C@@H]2CCCN2C(=O)[C@@H]2CCCN2C(=O)OCc2ccccc2)c1. The van der Waals surface area contributed by atoms with Gasteiger partial charge in [-0.05, 0) is 48.9 Å². The number of hydrogen-bond donors (Lipinski definition) is 1. The van der Waals surface area contributed by atoms with E-state index in [2.05, 4.69) is 5.32 Å². The van der Waals surface area contributed by atoms with Gasteiger partial charge in [-0.1, -0.05) is 42.5 Å². The number of nitrogens with zero attached hydrogens (tertiary/aromatic N) is 2. The maximum absolute atomic E-state index is 13.4. The van der Waals surface area contributed by atoms with Crippen LogP contribution in [0.15, 0.2) is 54.6 Å². The fourth-order valence-corrected chi connectivity index (χ4v) is 4.63. The number of methoxy groups -OCH3 is 1. The number of benzene rings is 2. The number of amides is 3. The van der Waals surface area contributed by atoms with Crippen molar-refractivity contribution in [1.29, 1.82) is 0 Å². The summed E-state index contributed by atoms with van der Waals surface area (Å²) in [6.07, 6.45) is 2.19. The quantitative estimate of drug-likeness (QED) is 0.679. The summed E-state index contributed by atoms with van der Waals surface area (Å²) in [4.78, 5) is 42.2. The van der Waals surface area contributed by atoms with Crippen molar-refractivity contribution in [3.63, 3.8) is 0 Å². The minimum atomic E-state index is -0.588. The Hall–Kier alpha value is -3.55. The van der Waals surface area contributed by atoms with E-state index in [0.29, 0.717) is 32.5 Å². The van der Waals surface area contributed by atoms with E-state index >= 15 is 0 Å². The number of likely N-dealkylation sites (tertiary alicyclic amines) is 2. The van der Waals surface area contributed by atoms with E-state index < -0.39 is 18.2 Å². The second-order valence-corrected chi connectivity index (χ2v) is 8.65. The summed E-state index contributed by atoms with van der Waals surface area (Å²) >= 11 is 0. The highest BCUT2D eigenvalue weighted by Gasteiger charge is 2.42. The number of carbonyl (C=O) groups is 3. The van der Waals surface area contributed by atoms with Crippen LogP contribution >= 0.6 is 0 Å². The van der Waals surface area contributed by atoms with Crippen molar-refractivity contribution in [2.75, 3.05) is 20.2 Å². The lowest BCUT2D eigenvalue weighted by molar-refractivity contribution is -0.141. The molecule has 3 amide bonds. The normalized spacial score (nSPS) is 19.7. The summed E-state index contributed by atoms with van der Waals surface area (Å²) in [6.45, 7) is 1.51. The van der Waals surface area contributed by atoms with E-state index in [1.807, 2.05) is 54.6 Å². The summed E-state index contributed by atoms with van der Waals surface area (Å²) in [5.74, 6) is 0.378. The second-order valence-electron chi connectivity index (χ2n) is 8.65. The Bertz CT molecular complexity index is 1010. The highest BCUT2D eigenvalue weighted by molar-refractivity contribution is 5.92. The predicted octanol–water partition coefficient (Wildman–Crippen LogP) is 3.10. The van der Waals surface area contributed by atoms with Crippen LogP contribution < -0.4 is 10.1 Å². The maximum Gasteiger partial charge on any atom is 0.410 e. The molecule has 2 atom stereocenters. The molecule has 2 aromatic carbocycles. The highest BCUT2D eigenvalue weighted by Crippen LogP contribution is 2.26. The van der Waals surface area contributed by atoms with Crippen LogP contribution in [0.2, 0.25) is 0 Å². The summed E-state index contributed by atoms with van der Waals surface area (Å²) in [6, 6.07) is 15.8. The van der Waals surface area contributed by atoms with Gasteiger partial charge in [-0.25, -0.2) is 4.79 Å². The van der Waals surface area contributed by atoms with Crippen LogP contribution in [0.1, 0.15) is 36.8 Å². The average molecular weight is 466 g/mol. The minimum absolute atomic E-state index is 0.163. The molecule has 0 aromatic heterocycles. The largest absolute Gasteiger partial charge is 0.497 e. The van der Waals surface area contributed by atoms with E-state index in [9.17, 15) is 14.4 Å².